The molecule has 0 bridgehead atoms. The maximum Gasteiger partial charge on any atom is 0.306 e. The number of esters is 3. The average Bonchev–Trinajstić information content (AvgIpc) is 3.22. The van der Waals surface area contributed by atoms with Crippen LogP contribution in [0.25, 0.3) is 0 Å². The van der Waals surface area contributed by atoms with Crippen LogP contribution < -0.4 is 0 Å². The highest BCUT2D eigenvalue weighted by molar-refractivity contribution is 5.71. The molecule has 1 atom stereocenters. The summed E-state index contributed by atoms with van der Waals surface area (Å²) in [4.78, 5) is 37.8. The fraction of sp³-hybridized carbons (Fsp3) is 0.712. The molecule has 0 aromatic heterocycles. The molecular formula is C52H88O6. The molecule has 0 aliphatic rings. The first-order valence-electron chi connectivity index (χ1n) is 23.9. The van der Waals surface area contributed by atoms with E-state index in [-0.39, 0.29) is 37.5 Å². The summed E-state index contributed by atoms with van der Waals surface area (Å²) in [7, 11) is 0. The number of rotatable bonds is 42. The van der Waals surface area contributed by atoms with Crippen LogP contribution in [0.4, 0.5) is 0 Å². The lowest BCUT2D eigenvalue weighted by Crippen LogP contribution is -2.30. The molecule has 0 aliphatic carbocycles. The molecule has 6 nitrogen and oxygen atoms in total. The van der Waals surface area contributed by atoms with E-state index in [0.29, 0.717) is 19.3 Å². The largest absolute Gasteiger partial charge is 0.462 e. The third kappa shape index (κ3) is 44.0. The van der Waals surface area contributed by atoms with E-state index in [4.69, 9.17) is 14.2 Å². The lowest BCUT2D eigenvalue weighted by molar-refractivity contribution is -0.167. The number of hydrogen-bond acceptors (Lipinski definition) is 6. The summed E-state index contributed by atoms with van der Waals surface area (Å²) in [5.74, 6) is -0.985. The summed E-state index contributed by atoms with van der Waals surface area (Å²) in [5.41, 5.74) is 0. The molecule has 0 heterocycles. The summed E-state index contributed by atoms with van der Waals surface area (Å²) in [6.45, 7) is 6.40. The zero-order chi connectivity index (χ0) is 42.3. The highest BCUT2D eigenvalue weighted by Gasteiger charge is 2.19. The maximum absolute atomic E-state index is 12.7. The number of allylic oxidation sites excluding steroid dienone is 12. The van der Waals surface area contributed by atoms with Gasteiger partial charge in [-0.05, 0) is 96.3 Å². The molecular weight excluding hydrogens is 721 g/mol. The standard InChI is InChI=1S/C52H88O6/c1-4-7-10-13-16-19-22-24-25-26-27-28-31-33-36-39-42-45-51(54)57-48-49(47-56-50(53)44-41-38-35-32-29-21-18-15-12-9-6-3)58-52(55)46-43-40-37-34-30-23-20-17-14-11-8-5-2/h8,11,15,17-18,20,24-25,27-28,33,36,49H,4-7,9-10,12-14,16,19,21-23,26,29-32,34-35,37-48H2,1-3H3/b11-8-,18-15-,20-17-,25-24-,28-27-,36-33-. The van der Waals surface area contributed by atoms with Gasteiger partial charge in [-0.25, -0.2) is 0 Å². The summed E-state index contributed by atoms with van der Waals surface area (Å²) in [6.07, 6.45) is 57.5. The summed E-state index contributed by atoms with van der Waals surface area (Å²) < 4.78 is 16.7. The SMILES string of the molecule is CC/C=C\C/C=C\CCCCCCCC(=O)OC(COC(=O)CCC/C=C\C/C=C\C/C=C\CCCCCCCC)COC(=O)CCCCCCC/C=C\CCCC. The third-order valence-corrected chi connectivity index (χ3v) is 9.91. The van der Waals surface area contributed by atoms with Crippen LogP contribution >= 0.6 is 0 Å². The summed E-state index contributed by atoms with van der Waals surface area (Å²) >= 11 is 0. The predicted octanol–water partition coefficient (Wildman–Crippen LogP) is 15.5. The molecule has 0 amide bonds. The lowest BCUT2D eigenvalue weighted by atomic mass is 10.1. The van der Waals surface area contributed by atoms with E-state index in [1.807, 2.05) is 0 Å². The molecule has 0 rings (SSSR count). The van der Waals surface area contributed by atoms with Crippen molar-refractivity contribution in [3.05, 3.63) is 72.9 Å². The van der Waals surface area contributed by atoms with Crippen molar-refractivity contribution >= 4 is 17.9 Å². The van der Waals surface area contributed by atoms with Gasteiger partial charge in [0.05, 0.1) is 0 Å². The fourth-order valence-electron chi connectivity index (χ4n) is 6.30. The van der Waals surface area contributed by atoms with Gasteiger partial charge in [0.2, 0.25) is 0 Å². The number of hydrogen-bond donors (Lipinski definition) is 0. The van der Waals surface area contributed by atoms with Crippen LogP contribution in [0.2, 0.25) is 0 Å². The van der Waals surface area contributed by atoms with Gasteiger partial charge < -0.3 is 14.2 Å². The van der Waals surface area contributed by atoms with Crippen molar-refractivity contribution in [2.75, 3.05) is 13.2 Å². The Morgan fingerprint density at radius 2 is 0.707 bits per heavy atom. The quantitative estimate of drug-likeness (QED) is 0.0264. The molecule has 0 N–H and O–H groups in total. The average molecular weight is 809 g/mol. The molecule has 0 aliphatic heterocycles. The molecule has 332 valence electrons. The molecule has 0 saturated heterocycles. The van der Waals surface area contributed by atoms with Crippen LogP contribution in [0.3, 0.4) is 0 Å². The van der Waals surface area contributed by atoms with Gasteiger partial charge in [-0.3, -0.25) is 14.4 Å². The van der Waals surface area contributed by atoms with E-state index < -0.39 is 6.10 Å². The monoisotopic (exact) mass is 809 g/mol. The van der Waals surface area contributed by atoms with Crippen molar-refractivity contribution in [3.8, 4) is 0 Å². The van der Waals surface area contributed by atoms with Gasteiger partial charge in [0.25, 0.3) is 0 Å². The second-order valence-electron chi connectivity index (χ2n) is 15.6. The van der Waals surface area contributed by atoms with Crippen LogP contribution in [0.1, 0.15) is 220 Å². The molecule has 58 heavy (non-hydrogen) atoms. The minimum Gasteiger partial charge on any atom is -0.462 e. The Hall–Kier alpha value is -3.15. The zero-order valence-electron chi connectivity index (χ0n) is 37.8. The number of carbonyl (C=O) groups excluding carboxylic acids is 3. The van der Waals surface area contributed by atoms with Crippen molar-refractivity contribution in [3.63, 3.8) is 0 Å². The molecule has 0 aromatic carbocycles. The van der Waals surface area contributed by atoms with E-state index in [1.165, 1.54) is 70.6 Å². The van der Waals surface area contributed by atoms with Crippen molar-refractivity contribution in [1.82, 2.24) is 0 Å². The van der Waals surface area contributed by atoms with Gasteiger partial charge in [-0.2, -0.15) is 0 Å². The molecule has 0 radical (unpaired) electrons. The van der Waals surface area contributed by atoms with Crippen LogP contribution in [0, 0.1) is 0 Å². The van der Waals surface area contributed by atoms with E-state index in [0.717, 1.165) is 103 Å². The highest BCUT2D eigenvalue weighted by atomic mass is 16.6. The maximum atomic E-state index is 12.7. The molecule has 0 spiro atoms. The predicted molar refractivity (Wildman–Crippen MR) is 247 cm³/mol. The smallest absolute Gasteiger partial charge is 0.306 e. The normalized spacial score (nSPS) is 12.7. The number of unbranched alkanes of at least 4 members (excludes halogenated alkanes) is 19. The van der Waals surface area contributed by atoms with Crippen LogP contribution in [0.5, 0.6) is 0 Å². The lowest BCUT2D eigenvalue weighted by Gasteiger charge is -2.18. The van der Waals surface area contributed by atoms with Gasteiger partial charge in [0, 0.05) is 19.3 Å². The fourth-order valence-corrected chi connectivity index (χ4v) is 6.30. The molecule has 1 unspecified atom stereocenters. The van der Waals surface area contributed by atoms with Gasteiger partial charge in [-0.15, -0.1) is 0 Å². The van der Waals surface area contributed by atoms with Gasteiger partial charge in [0.1, 0.15) is 13.2 Å². The van der Waals surface area contributed by atoms with Crippen LogP contribution in [-0.2, 0) is 28.6 Å². The van der Waals surface area contributed by atoms with Gasteiger partial charge in [-0.1, -0.05) is 177 Å². The Kier molecular flexibility index (Phi) is 44.0. The first-order valence-corrected chi connectivity index (χ1v) is 23.9. The van der Waals surface area contributed by atoms with Crippen molar-refractivity contribution in [2.24, 2.45) is 0 Å². The van der Waals surface area contributed by atoms with E-state index in [1.54, 1.807) is 0 Å². The van der Waals surface area contributed by atoms with Crippen molar-refractivity contribution in [2.45, 2.75) is 226 Å². The molecule has 0 fully saturated rings. The summed E-state index contributed by atoms with van der Waals surface area (Å²) in [6, 6.07) is 0. The molecule has 0 saturated carbocycles. The van der Waals surface area contributed by atoms with E-state index in [9.17, 15) is 14.4 Å². The Balaban J connectivity index is 4.47. The van der Waals surface area contributed by atoms with Crippen LogP contribution in [0.15, 0.2) is 72.9 Å². The Morgan fingerprint density at radius 3 is 1.19 bits per heavy atom. The van der Waals surface area contributed by atoms with E-state index in [2.05, 4.69) is 93.7 Å². The van der Waals surface area contributed by atoms with Gasteiger partial charge >= 0.3 is 17.9 Å². The Morgan fingerprint density at radius 1 is 0.362 bits per heavy atom. The Labute approximate surface area is 357 Å². The third-order valence-electron chi connectivity index (χ3n) is 9.91. The molecule has 0 aromatic rings. The first-order chi connectivity index (χ1) is 28.5. The topological polar surface area (TPSA) is 78.9 Å². The van der Waals surface area contributed by atoms with Crippen LogP contribution in [-0.4, -0.2) is 37.2 Å². The number of carbonyl (C=O) groups is 3. The minimum absolute atomic E-state index is 0.102. The molecule has 6 heteroatoms. The zero-order valence-corrected chi connectivity index (χ0v) is 37.8. The minimum atomic E-state index is -0.804. The van der Waals surface area contributed by atoms with Crippen molar-refractivity contribution in [1.29, 1.82) is 0 Å². The highest BCUT2D eigenvalue weighted by Crippen LogP contribution is 2.12. The number of ether oxygens (including phenoxy) is 3. The first kappa shape index (κ1) is 54.9. The summed E-state index contributed by atoms with van der Waals surface area (Å²) in [5, 5.41) is 0. The van der Waals surface area contributed by atoms with Gasteiger partial charge in [0.15, 0.2) is 6.10 Å². The second-order valence-corrected chi connectivity index (χ2v) is 15.6. The van der Waals surface area contributed by atoms with E-state index >= 15 is 0 Å². The second kappa shape index (κ2) is 46.5. The Bertz CT molecular complexity index is 1110. The van der Waals surface area contributed by atoms with Crippen molar-refractivity contribution < 1.29 is 28.6 Å².